The Bertz CT molecular complexity index is 213. The van der Waals surface area contributed by atoms with Crippen LogP contribution >= 0.6 is 0 Å². The molecule has 1 fully saturated rings. The van der Waals surface area contributed by atoms with Crippen LogP contribution in [0.1, 0.15) is 26.7 Å². The number of hydrogen-bond donors (Lipinski definition) is 1. The van der Waals surface area contributed by atoms with Crippen molar-refractivity contribution in [3.8, 4) is 0 Å². The fraction of sp³-hybridized carbons (Fsp3) is 1.00. The van der Waals surface area contributed by atoms with Gasteiger partial charge in [0.05, 0.1) is 6.61 Å². The fourth-order valence-corrected chi connectivity index (χ4v) is 2.94. The second-order valence-electron chi connectivity index (χ2n) is 5.05. The molecule has 1 aliphatic heterocycles. The van der Waals surface area contributed by atoms with Crippen LogP contribution in [0.25, 0.3) is 0 Å². The average Bonchev–Trinajstić information content (AvgIpc) is 2.34. The van der Waals surface area contributed by atoms with Gasteiger partial charge in [0.1, 0.15) is 0 Å². The van der Waals surface area contributed by atoms with Gasteiger partial charge in [0, 0.05) is 31.8 Å². The number of likely N-dealkylation sites (N-methyl/N-ethyl adjacent to an activating group) is 2. The number of likely N-dealkylation sites (tertiary alicyclic amines) is 1. The molecule has 0 bridgehead atoms. The molecule has 2 N–H and O–H groups in total. The van der Waals surface area contributed by atoms with Crippen molar-refractivity contribution in [2.75, 3.05) is 53.0 Å². The first-order valence-electron chi connectivity index (χ1n) is 6.90. The normalized spacial score (nSPS) is 26.6. The summed E-state index contributed by atoms with van der Waals surface area (Å²) in [5.74, 6) is 0. The topological polar surface area (TPSA) is 41.7 Å². The standard InChI is InChI=1S/C13H29N3O/c1-4-16(9-10-17-5-2)13(11-14)7-6-8-15(3)12-13/h4-12,14H2,1-3H3. The molecule has 1 unspecified atom stereocenters. The molecule has 1 rings (SSSR count). The van der Waals surface area contributed by atoms with E-state index in [-0.39, 0.29) is 5.54 Å². The van der Waals surface area contributed by atoms with Crippen LogP contribution in [0.2, 0.25) is 0 Å². The van der Waals surface area contributed by atoms with E-state index >= 15 is 0 Å². The van der Waals surface area contributed by atoms with E-state index < -0.39 is 0 Å². The Hall–Kier alpha value is -0.160. The van der Waals surface area contributed by atoms with Crippen molar-refractivity contribution in [2.24, 2.45) is 5.73 Å². The summed E-state index contributed by atoms with van der Waals surface area (Å²) in [7, 11) is 2.19. The Balaban J connectivity index is 2.60. The highest BCUT2D eigenvalue weighted by atomic mass is 16.5. The second kappa shape index (κ2) is 7.31. The molecule has 0 aromatic rings. The molecule has 1 aliphatic rings. The zero-order valence-corrected chi connectivity index (χ0v) is 11.7. The summed E-state index contributed by atoms with van der Waals surface area (Å²) in [6.07, 6.45) is 2.46. The minimum Gasteiger partial charge on any atom is -0.380 e. The molecular formula is C13H29N3O. The molecule has 1 saturated heterocycles. The first kappa shape index (κ1) is 14.9. The smallest absolute Gasteiger partial charge is 0.0593 e. The van der Waals surface area contributed by atoms with Gasteiger partial charge in [-0.25, -0.2) is 0 Å². The van der Waals surface area contributed by atoms with Crippen molar-refractivity contribution < 1.29 is 4.74 Å². The van der Waals surface area contributed by atoms with Gasteiger partial charge in [0.2, 0.25) is 0 Å². The zero-order chi connectivity index (χ0) is 12.7. The van der Waals surface area contributed by atoms with Gasteiger partial charge in [-0.15, -0.1) is 0 Å². The molecule has 0 aliphatic carbocycles. The molecule has 0 saturated carbocycles. The van der Waals surface area contributed by atoms with Crippen LogP contribution in [0.3, 0.4) is 0 Å². The third-order valence-electron chi connectivity index (χ3n) is 3.89. The van der Waals surface area contributed by atoms with Crippen molar-refractivity contribution in [3.05, 3.63) is 0 Å². The van der Waals surface area contributed by atoms with Crippen LogP contribution in [0.5, 0.6) is 0 Å². The van der Waals surface area contributed by atoms with Gasteiger partial charge in [0.15, 0.2) is 0 Å². The van der Waals surface area contributed by atoms with Gasteiger partial charge < -0.3 is 15.4 Å². The highest BCUT2D eigenvalue weighted by Crippen LogP contribution is 2.26. The quantitative estimate of drug-likeness (QED) is 0.671. The third-order valence-corrected chi connectivity index (χ3v) is 3.89. The molecule has 17 heavy (non-hydrogen) atoms. The number of nitrogens with zero attached hydrogens (tertiary/aromatic N) is 2. The molecule has 4 nitrogen and oxygen atoms in total. The van der Waals surface area contributed by atoms with Gasteiger partial charge in [-0.05, 0) is 39.9 Å². The lowest BCUT2D eigenvalue weighted by atomic mass is 9.87. The third kappa shape index (κ3) is 3.91. The highest BCUT2D eigenvalue weighted by Gasteiger charge is 2.37. The largest absolute Gasteiger partial charge is 0.380 e. The molecule has 1 atom stereocenters. The van der Waals surface area contributed by atoms with Crippen LogP contribution < -0.4 is 5.73 Å². The summed E-state index contributed by atoms with van der Waals surface area (Å²) in [6, 6.07) is 0. The molecule has 0 aromatic carbocycles. The van der Waals surface area contributed by atoms with E-state index in [0.717, 1.165) is 39.4 Å². The molecule has 0 spiro atoms. The predicted octanol–water partition coefficient (Wildman–Crippen LogP) is 0.768. The van der Waals surface area contributed by atoms with Crippen molar-refractivity contribution in [1.82, 2.24) is 9.80 Å². The average molecular weight is 243 g/mol. The number of ether oxygens (including phenoxy) is 1. The molecular weight excluding hydrogens is 214 g/mol. The van der Waals surface area contributed by atoms with Crippen molar-refractivity contribution in [1.29, 1.82) is 0 Å². The van der Waals surface area contributed by atoms with E-state index in [4.69, 9.17) is 10.5 Å². The Labute approximate surface area is 106 Å². The molecule has 4 heteroatoms. The van der Waals surface area contributed by atoms with E-state index in [1.165, 1.54) is 19.4 Å². The van der Waals surface area contributed by atoms with Gasteiger partial charge in [-0.2, -0.15) is 0 Å². The molecule has 1 heterocycles. The summed E-state index contributed by atoms with van der Waals surface area (Å²) < 4.78 is 5.48. The van der Waals surface area contributed by atoms with E-state index in [0.29, 0.717) is 0 Å². The lowest BCUT2D eigenvalue weighted by Crippen LogP contribution is -2.62. The number of hydrogen-bond acceptors (Lipinski definition) is 4. The van der Waals surface area contributed by atoms with Gasteiger partial charge in [0.25, 0.3) is 0 Å². The molecule has 0 amide bonds. The number of piperidine rings is 1. The maximum Gasteiger partial charge on any atom is 0.0593 e. The van der Waals surface area contributed by atoms with Crippen LogP contribution in [0, 0.1) is 0 Å². The van der Waals surface area contributed by atoms with Crippen LogP contribution in [-0.2, 0) is 4.74 Å². The summed E-state index contributed by atoms with van der Waals surface area (Å²) in [5, 5.41) is 0. The van der Waals surface area contributed by atoms with Crippen molar-refractivity contribution in [3.63, 3.8) is 0 Å². The minimum absolute atomic E-state index is 0.166. The van der Waals surface area contributed by atoms with Crippen LogP contribution in [-0.4, -0.2) is 68.3 Å². The fourth-order valence-electron chi connectivity index (χ4n) is 2.94. The maximum atomic E-state index is 6.07. The molecule has 102 valence electrons. The van der Waals surface area contributed by atoms with E-state index in [9.17, 15) is 0 Å². The Morgan fingerprint density at radius 2 is 2.18 bits per heavy atom. The van der Waals surface area contributed by atoms with Gasteiger partial charge in [-0.1, -0.05) is 6.92 Å². The second-order valence-corrected chi connectivity index (χ2v) is 5.05. The number of rotatable bonds is 7. The van der Waals surface area contributed by atoms with Crippen molar-refractivity contribution >= 4 is 0 Å². The lowest BCUT2D eigenvalue weighted by Gasteiger charge is -2.48. The predicted molar refractivity (Wildman–Crippen MR) is 72.3 cm³/mol. The van der Waals surface area contributed by atoms with Crippen LogP contribution in [0.4, 0.5) is 0 Å². The summed E-state index contributed by atoms with van der Waals surface area (Å²) in [6.45, 7) is 11.0. The Morgan fingerprint density at radius 1 is 1.41 bits per heavy atom. The first-order chi connectivity index (χ1) is 8.18. The minimum atomic E-state index is 0.166. The first-order valence-corrected chi connectivity index (χ1v) is 6.90. The maximum absolute atomic E-state index is 6.07. The van der Waals surface area contributed by atoms with Gasteiger partial charge >= 0.3 is 0 Å². The lowest BCUT2D eigenvalue weighted by molar-refractivity contribution is 0.00804. The Morgan fingerprint density at radius 3 is 2.71 bits per heavy atom. The van der Waals surface area contributed by atoms with E-state index in [2.05, 4.69) is 23.8 Å². The zero-order valence-electron chi connectivity index (χ0n) is 11.7. The van der Waals surface area contributed by atoms with E-state index in [1.54, 1.807) is 0 Å². The van der Waals surface area contributed by atoms with Crippen LogP contribution in [0.15, 0.2) is 0 Å². The Kier molecular flexibility index (Phi) is 6.41. The monoisotopic (exact) mass is 243 g/mol. The highest BCUT2D eigenvalue weighted by molar-refractivity contribution is 4.96. The number of nitrogens with two attached hydrogens (primary N) is 1. The summed E-state index contributed by atoms with van der Waals surface area (Å²) in [5.41, 5.74) is 6.24. The van der Waals surface area contributed by atoms with Crippen molar-refractivity contribution in [2.45, 2.75) is 32.2 Å². The summed E-state index contributed by atoms with van der Waals surface area (Å²) >= 11 is 0. The SMILES string of the molecule is CCOCCN(CC)C1(CN)CCCN(C)C1. The molecule has 0 aromatic heterocycles. The van der Waals surface area contributed by atoms with E-state index in [1.807, 2.05) is 6.92 Å². The van der Waals surface area contributed by atoms with Gasteiger partial charge in [-0.3, -0.25) is 4.90 Å². The summed E-state index contributed by atoms with van der Waals surface area (Å²) in [4.78, 5) is 4.91. The molecule has 0 radical (unpaired) electrons.